The quantitative estimate of drug-likeness (QED) is 0.775. The van der Waals surface area contributed by atoms with Crippen LogP contribution in [0.2, 0.25) is 0 Å². The number of carbonyl (C=O) groups is 1. The second kappa shape index (κ2) is 7.68. The van der Waals surface area contributed by atoms with Crippen molar-refractivity contribution in [3.63, 3.8) is 0 Å². The summed E-state index contributed by atoms with van der Waals surface area (Å²) in [6, 6.07) is 0. The van der Waals surface area contributed by atoms with E-state index in [2.05, 4.69) is 4.98 Å². The van der Waals surface area contributed by atoms with Crippen LogP contribution >= 0.6 is 0 Å². The number of nitrogens with two attached hydrogens (primary N) is 1. The molecular weight excluding hydrogens is 332 g/mol. The normalized spacial score (nSPS) is 24.2. The van der Waals surface area contributed by atoms with E-state index in [4.69, 9.17) is 5.73 Å². The molecule has 26 heavy (non-hydrogen) atoms. The molecule has 2 aliphatic carbocycles. The van der Waals surface area contributed by atoms with Gasteiger partial charge in [0.05, 0.1) is 0 Å². The Morgan fingerprint density at radius 3 is 2.58 bits per heavy atom. The van der Waals surface area contributed by atoms with E-state index in [9.17, 15) is 14.4 Å². The number of aromatic nitrogens is 2. The highest BCUT2D eigenvalue weighted by Gasteiger charge is 2.45. The van der Waals surface area contributed by atoms with Crippen molar-refractivity contribution in [2.45, 2.75) is 65.3 Å². The number of nitrogens with one attached hydrogen (secondary N) is 1. The minimum absolute atomic E-state index is 0.00421. The predicted molar refractivity (Wildman–Crippen MR) is 102 cm³/mol. The molecule has 2 aliphatic rings. The first-order valence-electron chi connectivity index (χ1n) is 9.91. The Labute approximate surface area is 153 Å². The maximum absolute atomic E-state index is 13.3. The average molecular weight is 362 g/mol. The van der Waals surface area contributed by atoms with Crippen molar-refractivity contribution in [2.24, 2.45) is 17.8 Å². The molecule has 3 atom stereocenters. The number of hydrogen-bond acceptors (Lipinski definition) is 4. The van der Waals surface area contributed by atoms with Gasteiger partial charge in [-0.3, -0.25) is 19.1 Å². The lowest BCUT2D eigenvalue weighted by Gasteiger charge is -2.30. The highest BCUT2D eigenvalue weighted by molar-refractivity contribution is 5.97. The molecule has 0 aliphatic heterocycles. The van der Waals surface area contributed by atoms with Crippen molar-refractivity contribution in [1.82, 2.24) is 9.55 Å². The van der Waals surface area contributed by atoms with Gasteiger partial charge >= 0.3 is 5.69 Å². The van der Waals surface area contributed by atoms with Gasteiger partial charge in [0.1, 0.15) is 5.82 Å². The number of carbonyl (C=O) groups excluding carboxylic acids is 1. The summed E-state index contributed by atoms with van der Waals surface area (Å²) in [5.41, 5.74) is 5.28. The van der Waals surface area contributed by atoms with Gasteiger partial charge in [-0.25, -0.2) is 4.79 Å². The molecule has 2 bridgehead atoms. The molecule has 1 amide bonds. The first-order chi connectivity index (χ1) is 12.5. The fourth-order valence-corrected chi connectivity index (χ4v) is 4.68. The average Bonchev–Trinajstić information content (AvgIpc) is 3.24. The van der Waals surface area contributed by atoms with E-state index in [1.807, 2.05) is 13.8 Å². The van der Waals surface area contributed by atoms with Crippen LogP contribution in [0.1, 0.15) is 58.8 Å². The number of hydrogen-bond donors (Lipinski definition) is 2. The molecule has 0 aromatic carbocycles. The molecular formula is C19H30N4O3. The standard InChI is InChI=1S/C19H30N4O3/c1-3-5-9-22(18(25)14-11-12-6-7-13(14)10-12)15-16(20)23(8-4-2)19(26)21-17(15)24/h12-14H,3-11,20H2,1-2H3,(H,21,24,26). The van der Waals surface area contributed by atoms with Gasteiger partial charge in [0.2, 0.25) is 5.91 Å². The van der Waals surface area contributed by atoms with Crippen LogP contribution in [0.3, 0.4) is 0 Å². The lowest BCUT2D eigenvalue weighted by molar-refractivity contribution is -0.123. The van der Waals surface area contributed by atoms with Crippen molar-refractivity contribution in [3.8, 4) is 0 Å². The molecule has 2 fully saturated rings. The van der Waals surface area contributed by atoms with E-state index < -0.39 is 11.2 Å². The van der Waals surface area contributed by atoms with Gasteiger partial charge in [-0.15, -0.1) is 0 Å². The highest BCUT2D eigenvalue weighted by atomic mass is 16.2. The molecule has 144 valence electrons. The van der Waals surface area contributed by atoms with Crippen molar-refractivity contribution in [3.05, 3.63) is 20.8 Å². The lowest BCUT2D eigenvalue weighted by Crippen LogP contribution is -2.44. The molecule has 3 N–H and O–H groups in total. The van der Waals surface area contributed by atoms with Crippen molar-refractivity contribution >= 4 is 17.4 Å². The Morgan fingerprint density at radius 1 is 1.23 bits per heavy atom. The summed E-state index contributed by atoms with van der Waals surface area (Å²) >= 11 is 0. The third kappa shape index (κ3) is 3.31. The Morgan fingerprint density at radius 2 is 2.00 bits per heavy atom. The van der Waals surface area contributed by atoms with Crippen LogP contribution in [0, 0.1) is 17.8 Å². The molecule has 1 aromatic heterocycles. The fourth-order valence-electron chi connectivity index (χ4n) is 4.68. The molecule has 3 rings (SSSR count). The third-order valence-electron chi connectivity index (χ3n) is 5.99. The van der Waals surface area contributed by atoms with E-state index in [1.54, 1.807) is 4.90 Å². The Kier molecular flexibility index (Phi) is 5.53. The van der Waals surface area contributed by atoms with Crippen LogP contribution in [0.5, 0.6) is 0 Å². The van der Waals surface area contributed by atoms with Gasteiger partial charge in [0, 0.05) is 19.0 Å². The summed E-state index contributed by atoms with van der Waals surface area (Å²) in [7, 11) is 0. The van der Waals surface area contributed by atoms with Gasteiger partial charge < -0.3 is 10.6 Å². The van der Waals surface area contributed by atoms with Gasteiger partial charge in [-0.1, -0.05) is 26.7 Å². The second-order valence-corrected chi connectivity index (χ2v) is 7.77. The molecule has 0 spiro atoms. The summed E-state index contributed by atoms with van der Waals surface area (Å²) in [4.78, 5) is 41.9. The Bertz CT molecular complexity index is 782. The topological polar surface area (TPSA) is 101 Å². The van der Waals surface area contributed by atoms with Crippen LogP contribution in [-0.4, -0.2) is 22.0 Å². The summed E-state index contributed by atoms with van der Waals surface area (Å²) in [6.07, 6.45) is 6.77. The summed E-state index contributed by atoms with van der Waals surface area (Å²) in [6.45, 7) is 4.86. The van der Waals surface area contributed by atoms with E-state index in [1.165, 1.54) is 11.0 Å². The van der Waals surface area contributed by atoms with Crippen LogP contribution in [0.15, 0.2) is 9.59 Å². The van der Waals surface area contributed by atoms with Crippen LogP contribution in [0.4, 0.5) is 11.5 Å². The number of aromatic amines is 1. The maximum atomic E-state index is 13.3. The van der Waals surface area contributed by atoms with Crippen LogP contribution < -0.4 is 21.9 Å². The number of anilines is 2. The maximum Gasteiger partial charge on any atom is 0.330 e. The third-order valence-corrected chi connectivity index (χ3v) is 5.99. The van der Waals surface area contributed by atoms with E-state index >= 15 is 0 Å². The van der Waals surface area contributed by atoms with Gasteiger partial charge in [0.25, 0.3) is 5.56 Å². The summed E-state index contributed by atoms with van der Waals surface area (Å²) < 4.78 is 1.36. The van der Waals surface area contributed by atoms with Crippen LogP contribution in [0.25, 0.3) is 0 Å². The van der Waals surface area contributed by atoms with Crippen molar-refractivity contribution in [2.75, 3.05) is 17.2 Å². The number of rotatable bonds is 7. The Balaban J connectivity index is 2.00. The largest absolute Gasteiger partial charge is 0.383 e. The zero-order valence-corrected chi connectivity index (χ0v) is 15.8. The molecule has 0 radical (unpaired) electrons. The van der Waals surface area contributed by atoms with Gasteiger partial charge in [-0.2, -0.15) is 0 Å². The smallest absolute Gasteiger partial charge is 0.330 e. The highest BCUT2D eigenvalue weighted by Crippen LogP contribution is 2.49. The summed E-state index contributed by atoms with van der Waals surface area (Å²) in [5, 5.41) is 0. The van der Waals surface area contributed by atoms with Gasteiger partial charge in [-0.05, 0) is 43.9 Å². The van der Waals surface area contributed by atoms with Gasteiger partial charge in [0.15, 0.2) is 5.69 Å². The predicted octanol–water partition coefficient (Wildman–Crippen LogP) is 2.10. The molecule has 1 aromatic rings. The van der Waals surface area contributed by atoms with Crippen LogP contribution in [-0.2, 0) is 11.3 Å². The lowest BCUT2D eigenvalue weighted by atomic mass is 9.87. The molecule has 7 nitrogen and oxygen atoms in total. The number of H-pyrrole nitrogens is 1. The van der Waals surface area contributed by atoms with E-state index in [0.717, 1.165) is 32.1 Å². The van der Waals surface area contributed by atoms with E-state index in [-0.39, 0.29) is 23.3 Å². The molecule has 7 heteroatoms. The molecule has 1 heterocycles. The first kappa shape index (κ1) is 18.7. The zero-order valence-electron chi connectivity index (χ0n) is 15.8. The molecule has 0 saturated heterocycles. The second-order valence-electron chi connectivity index (χ2n) is 7.77. The number of fused-ring (bicyclic) bond motifs is 2. The Hall–Kier alpha value is -2.05. The molecule has 2 saturated carbocycles. The van der Waals surface area contributed by atoms with Crippen molar-refractivity contribution < 1.29 is 4.79 Å². The van der Waals surface area contributed by atoms with Crippen molar-refractivity contribution in [1.29, 1.82) is 0 Å². The number of unbranched alkanes of at least 4 members (excludes halogenated alkanes) is 1. The number of amides is 1. The number of nitrogen functional groups attached to an aromatic ring is 1. The minimum atomic E-state index is -0.563. The SMILES string of the molecule is CCCCN(C(=O)C1CC2CCC1C2)c1c(N)n(CCC)c(=O)[nH]c1=O. The van der Waals surface area contributed by atoms with E-state index in [0.29, 0.717) is 31.3 Å². The monoisotopic (exact) mass is 362 g/mol. The summed E-state index contributed by atoms with van der Waals surface area (Å²) in [5.74, 6) is 1.17. The number of nitrogens with zero attached hydrogens (tertiary/aromatic N) is 2. The minimum Gasteiger partial charge on any atom is -0.383 e. The molecule has 3 unspecified atom stereocenters. The fraction of sp³-hybridized carbons (Fsp3) is 0.737. The first-order valence-corrected chi connectivity index (χ1v) is 9.91. The zero-order chi connectivity index (χ0) is 18.8.